The second-order valence-electron chi connectivity index (χ2n) is 4.86. The lowest BCUT2D eigenvalue weighted by Crippen LogP contribution is -2.21. The first-order valence-corrected chi connectivity index (χ1v) is 7.87. The number of aromatic nitrogens is 2. The monoisotopic (exact) mass is 401 g/mol. The van der Waals surface area contributed by atoms with Gasteiger partial charge in [-0.25, -0.2) is 0 Å². The summed E-state index contributed by atoms with van der Waals surface area (Å²) >= 11 is 6.87. The highest BCUT2D eigenvalue weighted by Crippen LogP contribution is 2.29. The van der Waals surface area contributed by atoms with Gasteiger partial charge < -0.3 is 10.0 Å². The van der Waals surface area contributed by atoms with Gasteiger partial charge in [0.25, 0.3) is 0 Å². The minimum atomic E-state index is -0.692. The standard InChI is InChI=1S/C14H17Br2N3O/c1-18(2)7-8-19-13(12(16)9-17-19)14(20)10-3-5-11(15)6-4-10/h3-6,9,14,20H,7-8H2,1-2H3. The Morgan fingerprint density at radius 1 is 1.25 bits per heavy atom. The molecule has 1 aromatic heterocycles. The quantitative estimate of drug-likeness (QED) is 0.835. The average Bonchev–Trinajstić information content (AvgIpc) is 2.77. The Bertz CT molecular complexity index is 566. The van der Waals surface area contributed by atoms with Gasteiger partial charge in [-0.1, -0.05) is 28.1 Å². The molecule has 0 saturated carbocycles. The van der Waals surface area contributed by atoms with E-state index in [9.17, 15) is 5.11 Å². The third kappa shape index (κ3) is 3.69. The fraction of sp³-hybridized carbons (Fsp3) is 0.357. The maximum absolute atomic E-state index is 10.6. The van der Waals surface area contributed by atoms with Crippen LogP contribution in [0.4, 0.5) is 0 Å². The first-order chi connectivity index (χ1) is 9.49. The molecule has 108 valence electrons. The van der Waals surface area contributed by atoms with Gasteiger partial charge in [0.15, 0.2) is 0 Å². The lowest BCUT2D eigenvalue weighted by Gasteiger charge is -2.16. The summed E-state index contributed by atoms with van der Waals surface area (Å²) in [7, 11) is 4.03. The molecule has 0 radical (unpaired) electrons. The summed E-state index contributed by atoms with van der Waals surface area (Å²) in [6.45, 7) is 1.61. The minimum absolute atomic E-state index is 0.692. The van der Waals surface area contributed by atoms with Crippen LogP contribution in [-0.4, -0.2) is 40.4 Å². The first-order valence-electron chi connectivity index (χ1n) is 6.28. The van der Waals surface area contributed by atoms with E-state index in [1.165, 1.54) is 0 Å². The van der Waals surface area contributed by atoms with Crippen LogP contribution in [-0.2, 0) is 6.54 Å². The van der Waals surface area contributed by atoms with Crippen molar-refractivity contribution in [2.75, 3.05) is 20.6 Å². The lowest BCUT2D eigenvalue weighted by molar-refractivity contribution is 0.205. The van der Waals surface area contributed by atoms with Crippen LogP contribution in [0.25, 0.3) is 0 Å². The topological polar surface area (TPSA) is 41.3 Å². The average molecular weight is 403 g/mol. The van der Waals surface area contributed by atoms with Crippen LogP contribution in [0.3, 0.4) is 0 Å². The van der Waals surface area contributed by atoms with Gasteiger partial charge in [-0.15, -0.1) is 0 Å². The summed E-state index contributed by atoms with van der Waals surface area (Å²) in [6.07, 6.45) is 1.04. The number of hydrogen-bond acceptors (Lipinski definition) is 3. The normalized spacial score (nSPS) is 12.9. The molecule has 6 heteroatoms. The molecule has 1 N–H and O–H groups in total. The van der Waals surface area contributed by atoms with Gasteiger partial charge in [-0.2, -0.15) is 5.10 Å². The molecule has 0 aliphatic heterocycles. The largest absolute Gasteiger partial charge is 0.382 e. The molecule has 0 amide bonds. The molecule has 1 heterocycles. The second kappa shape index (κ2) is 6.85. The number of nitrogens with zero attached hydrogens (tertiary/aromatic N) is 3. The van der Waals surface area contributed by atoms with Crippen molar-refractivity contribution in [3.63, 3.8) is 0 Å². The van der Waals surface area contributed by atoms with Crippen LogP contribution in [0, 0.1) is 0 Å². The molecule has 0 bridgehead atoms. The number of likely N-dealkylation sites (N-methyl/N-ethyl adjacent to an activating group) is 1. The third-order valence-electron chi connectivity index (χ3n) is 3.04. The number of hydrogen-bond donors (Lipinski definition) is 1. The summed E-state index contributed by atoms with van der Waals surface area (Å²) in [5.41, 5.74) is 1.63. The van der Waals surface area contributed by atoms with Crippen LogP contribution < -0.4 is 0 Å². The van der Waals surface area contributed by atoms with E-state index in [4.69, 9.17) is 0 Å². The summed E-state index contributed by atoms with van der Waals surface area (Å²) in [5.74, 6) is 0. The fourth-order valence-corrected chi connectivity index (χ4v) is 2.70. The molecule has 2 rings (SSSR count). The van der Waals surface area contributed by atoms with Crippen LogP contribution in [0.1, 0.15) is 17.4 Å². The Morgan fingerprint density at radius 3 is 2.50 bits per heavy atom. The van der Waals surface area contributed by atoms with E-state index in [0.29, 0.717) is 0 Å². The van der Waals surface area contributed by atoms with Crippen molar-refractivity contribution >= 4 is 31.9 Å². The molecular weight excluding hydrogens is 386 g/mol. The smallest absolute Gasteiger partial charge is 0.122 e. The summed E-state index contributed by atoms with van der Waals surface area (Å²) in [5, 5.41) is 14.9. The van der Waals surface area contributed by atoms with E-state index >= 15 is 0 Å². The van der Waals surface area contributed by atoms with E-state index in [2.05, 4.69) is 41.9 Å². The molecule has 0 spiro atoms. The molecule has 1 unspecified atom stereocenters. The summed E-state index contributed by atoms with van der Waals surface area (Å²) < 4.78 is 3.66. The maximum Gasteiger partial charge on any atom is 0.122 e. The van der Waals surface area contributed by atoms with Crippen LogP contribution in [0.5, 0.6) is 0 Å². The van der Waals surface area contributed by atoms with Crippen molar-refractivity contribution in [3.05, 3.63) is 50.7 Å². The molecule has 1 aromatic carbocycles. The van der Waals surface area contributed by atoms with Crippen molar-refractivity contribution in [2.45, 2.75) is 12.6 Å². The Morgan fingerprint density at radius 2 is 1.90 bits per heavy atom. The summed E-state index contributed by atoms with van der Waals surface area (Å²) in [6, 6.07) is 7.66. The number of benzene rings is 1. The van der Waals surface area contributed by atoms with E-state index in [-0.39, 0.29) is 0 Å². The van der Waals surface area contributed by atoms with Gasteiger partial charge in [0.2, 0.25) is 0 Å². The molecule has 20 heavy (non-hydrogen) atoms. The van der Waals surface area contributed by atoms with Gasteiger partial charge in [0, 0.05) is 11.0 Å². The van der Waals surface area contributed by atoms with Crippen LogP contribution in [0.15, 0.2) is 39.4 Å². The highest BCUT2D eigenvalue weighted by atomic mass is 79.9. The predicted octanol–water partition coefficient (Wildman–Crippen LogP) is 3.05. The maximum atomic E-state index is 10.6. The number of aliphatic hydroxyl groups is 1. The van der Waals surface area contributed by atoms with Crippen LogP contribution >= 0.6 is 31.9 Å². The number of rotatable bonds is 5. The second-order valence-corrected chi connectivity index (χ2v) is 6.63. The summed E-state index contributed by atoms with van der Waals surface area (Å²) in [4.78, 5) is 2.09. The van der Waals surface area contributed by atoms with Crippen LogP contribution in [0.2, 0.25) is 0 Å². The Labute approximate surface area is 135 Å². The molecule has 0 aliphatic carbocycles. The zero-order valence-corrected chi connectivity index (χ0v) is 14.6. The van der Waals surface area contributed by atoms with Gasteiger partial charge in [-0.3, -0.25) is 4.68 Å². The fourth-order valence-electron chi connectivity index (χ4n) is 1.92. The van der Waals surface area contributed by atoms with E-state index < -0.39 is 6.10 Å². The van der Waals surface area contributed by atoms with E-state index in [0.717, 1.165) is 33.3 Å². The van der Waals surface area contributed by atoms with Gasteiger partial charge in [-0.05, 0) is 47.7 Å². The lowest BCUT2D eigenvalue weighted by atomic mass is 10.1. The van der Waals surface area contributed by atoms with Gasteiger partial charge in [0.05, 0.1) is 22.9 Å². The molecule has 0 aliphatic rings. The van der Waals surface area contributed by atoms with Crippen molar-refractivity contribution in [2.24, 2.45) is 0 Å². The minimum Gasteiger partial charge on any atom is -0.382 e. The van der Waals surface area contributed by atoms with Crippen molar-refractivity contribution in [1.82, 2.24) is 14.7 Å². The van der Waals surface area contributed by atoms with Gasteiger partial charge in [0.1, 0.15) is 6.10 Å². The Kier molecular flexibility index (Phi) is 5.37. The molecule has 4 nitrogen and oxygen atoms in total. The molecule has 0 fully saturated rings. The highest BCUT2D eigenvalue weighted by Gasteiger charge is 2.19. The Balaban J connectivity index is 2.26. The highest BCUT2D eigenvalue weighted by molar-refractivity contribution is 9.10. The molecule has 1 atom stereocenters. The van der Waals surface area contributed by atoms with Gasteiger partial charge >= 0.3 is 0 Å². The molecule has 2 aromatic rings. The first kappa shape index (κ1) is 15.7. The van der Waals surface area contributed by atoms with E-state index in [1.54, 1.807) is 6.20 Å². The number of aliphatic hydroxyl groups excluding tert-OH is 1. The molecule has 0 saturated heterocycles. The predicted molar refractivity (Wildman–Crippen MR) is 86.7 cm³/mol. The zero-order valence-electron chi connectivity index (χ0n) is 11.4. The van der Waals surface area contributed by atoms with Crippen molar-refractivity contribution in [1.29, 1.82) is 0 Å². The SMILES string of the molecule is CN(C)CCn1ncc(Br)c1C(O)c1ccc(Br)cc1. The number of halogens is 2. The zero-order chi connectivity index (χ0) is 14.7. The molecular formula is C14H17Br2N3O. The van der Waals surface area contributed by atoms with Crippen molar-refractivity contribution in [3.8, 4) is 0 Å². The third-order valence-corrected chi connectivity index (χ3v) is 4.18. The van der Waals surface area contributed by atoms with Crippen molar-refractivity contribution < 1.29 is 5.11 Å². The Hall–Kier alpha value is -0.690. The van der Waals surface area contributed by atoms with E-state index in [1.807, 2.05) is 43.0 Å².